The number of carboxylic acid groups (broad SMARTS) is 1. The van der Waals surface area contributed by atoms with Gasteiger partial charge >= 0.3 is 5.97 Å². The molecule has 3 rings (SSSR count). The first-order valence-corrected chi connectivity index (χ1v) is 9.80. The molecule has 2 aromatic rings. The summed E-state index contributed by atoms with van der Waals surface area (Å²) >= 11 is 12.4. The molecule has 144 valence electrons. The minimum Gasteiger partial charge on any atom is -0.493 e. The molecule has 0 saturated carbocycles. The lowest BCUT2D eigenvalue weighted by Gasteiger charge is -2.43. The van der Waals surface area contributed by atoms with Gasteiger partial charge in [-0.25, -0.2) is 0 Å². The second-order valence-electron chi connectivity index (χ2n) is 7.01. The van der Waals surface area contributed by atoms with Crippen LogP contribution >= 0.6 is 23.2 Å². The number of benzene rings is 2. The number of nitrogens with zero attached hydrogens (tertiary/aromatic N) is 1. The highest BCUT2D eigenvalue weighted by Crippen LogP contribution is 2.34. The Balaban J connectivity index is 1.47. The molecule has 4 nitrogen and oxygen atoms in total. The van der Waals surface area contributed by atoms with Gasteiger partial charge in [-0.15, -0.1) is 0 Å². The molecule has 1 aliphatic rings. The van der Waals surface area contributed by atoms with Gasteiger partial charge in [0.1, 0.15) is 5.75 Å². The number of hydrogen-bond donors (Lipinski definition) is 1. The quantitative estimate of drug-likeness (QED) is 0.662. The van der Waals surface area contributed by atoms with Crippen LogP contribution in [0, 0.1) is 5.92 Å². The number of hydrogen-bond acceptors (Lipinski definition) is 3. The molecular formula is C21H23Cl2NO3. The van der Waals surface area contributed by atoms with Crippen molar-refractivity contribution in [3.05, 3.63) is 63.6 Å². The van der Waals surface area contributed by atoms with Crippen molar-refractivity contribution < 1.29 is 14.6 Å². The molecule has 1 aliphatic heterocycles. The normalized spacial score (nSPS) is 16.0. The molecule has 1 atom stereocenters. The van der Waals surface area contributed by atoms with Crippen molar-refractivity contribution in [3.8, 4) is 5.75 Å². The summed E-state index contributed by atoms with van der Waals surface area (Å²) in [6, 6.07) is 13.5. The number of likely N-dealkylation sites (tertiary alicyclic amines) is 1. The Kier molecular flexibility index (Phi) is 6.64. The SMILES string of the molecule is CC(c1cc(Cl)ccc1Cl)N1CC(COc2cccc(CCC(=O)O)c2)C1. The van der Waals surface area contributed by atoms with Crippen LogP contribution < -0.4 is 4.74 Å². The van der Waals surface area contributed by atoms with Crippen LogP contribution in [0.2, 0.25) is 10.0 Å². The van der Waals surface area contributed by atoms with E-state index in [1.54, 1.807) is 6.07 Å². The maximum absolute atomic E-state index is 10.7. The van der Waals surface area contributed by atoms with Crippen LogP contribution in [-0.4, -0.2) is 35.7 Å². The zero-order valence-electron chi connectivity index (χ0n) is 15.2. The number of carboxylic acids is 1. The molecule has 0 radical (unpaired) electrons. The van der Waals surface area contributed by atoms with Gasteiger partial charge in [-0.05, 0) is 54.8 Å². The molecule has 0 amide bonds. The first-order valence-electron chi connectivity index (χ1n) is 9.05. The fourth-order valence-corrected chi connectivity index (χ4v) is 3.78. The van der Waals surface area contributed by atoms with Crippen LogP contribution in [0.15, 0.2) is 42.5 Å². The maximum Gasteiger partial charge on any atom is 0.303 e. The summed E-state index contributed by atoms with van der Waals surface area (Å²) in [5.41, 5.74) is 2.03. The summed E-state index contributed by atoms with van der Waals surface area (Å²) in [6.45, 7) is 4.68. The predicted octanol–water partition coefficient (Wildman–Crippen LogP) is 5.08. The van der Waals surface area contributed by atoms with E-state index in [0.717, 1.165) is 35.0 Å². The summed E-state index contributed by atoms with van der Waals surface area (Å²) < 4.78 is 5.91. The Morgan fingerprint density at radius 1 is 1.26 bits per heavy atom. The molecule has 1 saturated heterocycles. The lowest BCUT2D eigenvalue weighted by atomic mass is 9.96. The lowest BCUT2D eigenvalue weighted by Crippen LogP contribution is -2.50. The topological polar surface area (TPSA) is 49.8 Å². The number of ether oxygens (including phenoxy) is 1. The minimum atomic E-state index is -0.787. The molecule has 2 aromatic carbocycles. The summed E-state index contributed by atoms with van der Waals surface area (Å²) in [4.78, 5) is 13.1. The van der Waals surface area contributed by atoms with E-state index in [4.69, 9.17) is 33.0 Å². The van der Waals surface area contributed by atoms with Gasteiger partial charge in [-0.2, -0.15) is 0 Å². The highest BCUT2D eigenvalue weighted by Gasteiger charge is 2.32. The van der Waals surface area contributed by atoms with Gasteiger partial charge < -0.3 is 9.84 Å². The van der Waals surface area contributed by atoms with Crippen LogP contribution in [-0.2, 0) is 11.2 Å². The standard InChI is InChI=1S/C21H23Cl2NO3/c1-14(19-10-17(22)6-7-20(19)23)24-11-16(12-24)13-27-18-4-2-3-15(9-18)5-8-21(25)26/h2-4,6-7,9-10,14,16H,5,8,11-13H2,1H3,(H,25,26). The zero-order chi connectivity index (χ0) is 19.4. The summed E-state index contributed by atoms with van der Waals surface area (Å²) in [7, 11) is 0. The average Bonchev–Trinajstić information content (AvgIpc) is 2.61. The van der Waals surface area contributed by atoms with Crippen LogP contribution in [0.25, 0.3) is 0 Å². The van der Waals surface area contributed by atoms with Gasteiger partial charge in [0.2, 0.25) is 0 Å². The molecule has 0 aromatic heterocycles. The molecule has 1 fully saturated rings. The van der Waals surface area contributed by atoms with E-state index < -0.39 is 5.97 Å². The third-order valence-electron chi connectivity index (χ3n) is 4.95. The molecule has 0 spiro atoms. The number of aryl methyl sites for hydroxylation is 1. The maximum atomic E-state index is 10.7. The zero-order valence-corrected chi connectivity index (χ0v) is 16.7. The van der Waals surface area contributed by atoms with E-state index in [1.807, 2.05) is 36.4 Å². The largest absolute Gasteiger partial charge is 0.493 e. The molecule has 1 unspecified atom stereocenters. The van der Waals surface area contributed by atoms with Gasteiger partial charge in [-0.3, -0.25) is 9.69 Å². The Morgan fingerprint density at radius 3 is 2.78 bits per heavy atom. The summed E-state index contributed by atoms with van der Waals surface area (Å²) in [6.07, 6.45) is 0.645. The Hall–Kier alpha value is -1.75. The predicted molar refractivity (Wildman–Crippen MR) is 108 cm³/mol. The van der Waals surface area contributed by atoms with E-state index in [2.05, 4.69) is 11.8 Å². The van der Waals surface area contributed by atoms with E-state index in [-0.39, 0.29) is 12.5 Å². The Morgan fingerprint density at radius 2 is 2.04 bits per heavy atom. The second kappa shape index (κ2) is 8.96. The van der Waals surface area contributed by atoms with Crippen molar-refractivity contribution in [3.63, 3.8) is 0 Å². The monoisotopic (exact) mass is 407 g/mol. The van der Waals surface area contributed by atoms with Crippen molar-refractivity contribution in [1.29, 1.82) is 0 Å². The smallest absolute Gasteiger partial charge is 0.303 e. The number of aliphatic carboxylic acids is 1. The molecule has 0 aliphatic carbocycles. The van der Waals surface area contributed by atoms with E-state index in [9.17, 15) is 4.79 Å². The Bertz CT molecular complexity index is 806. The second-order valence-corrected chi connectivity index (χ2v) is 7.86. The fraction of sp³-hybridized carbons (Fsp3) is 0.381. The van der Waals surface area contributed by atoms with Crippen molar-refractivity contribution in [2.75, 3.05) is 19.7 Å². The van der Waals surface area contributed by atoms with Crippen LogP contribution in [0.1, 0.15) is 30.5 Å². The van der Waals surface area contributed by atoms with Crippen LogP contribution in [0.3, 0.4) is 0 Å². The molecule has 6 heteroatoms. The molecule has 1 N–H and O–H groups in total. The van der Waals surface area contributed by atoms with Gasteiger partial charge in [0.15, 0.2) is 0 Å². The lowest BCUT2D eigenvalue weighted by molar-refractivity contribution is -0.136. The number of halogens is 2. The molecule has 27 heavy (non-hydrogen) atoms. The van der Waals surface area contributed by atoms with Crippen molar-refractivity contribution in [2.24, 2.45) is 5.92 Å². The molecular weight excluding hydrogens is 385 g/mol. The third-order valence-corrected chi connectivity index (χ3v) is 5.53. The third kappa shape index (κ3) is 5.38. The molecule has 1 heterocycles. The number of rotatable bonds is 8. The summed E-state index contributed by atoms with van der Waals surface area (Å²) in [5, 5.41) is 10.2. The van der Waals surface area contributed by atoms with E-state index >= 15 is 0 Å². The van der Waals surface area contributed by atoms with Gasteiger partial charge in [0.05, 0.1) is 6.61 Å². The summed E-state index contributed by atoms with van der Waals surface area (Å²) in [5.74, 6) is 0.472. The first kappa shape index (κ1) is 20.0. The van der Waals surface area contributed by atoms with Crippen molar-refractivity contribution in [1.82, 2.24) is 4.90 Å². The highest BCUT2D eigenvalue weighted by molar-refractivity contribution is 6.33. The highest BCUT2D eigenvalue weighted by atomic mass is 35.5. The molecule has 0 bridgehead atoms. The van der Waals surface area contributed by atoms with Gasteiger partial charge in [0.25, 0.3) is 0 Å². The van der Waals surface area contributed by atoms with Gasteiger partial charge in [-0.1, -0.05) is 35.3 Å². The van der Waals surface area contributed by atoms with Gasteiger partial charge in [0, 0.05) is 41.5 Å². The fourth-order valence-electron chi connectivity index (χ4n) is 3.32. The number of carbonyl (C=O) groups is 1. The van der Waals surface area contributed by atoms with E-state index in [1.165, 1.54) is 0 Å². The van der Waals surface area contributed by atoms with E-state index in [0.29, 0.717) is 24.0 Å². The van der Waals surface area contributed by atoms with Crippen molar-refractivity contribution >= 4 is 29.2 Å². The van der Waals surface area contributed by atoms with Crippen LogP contribution in [0.4, 0.5) is 0 Å². The minimum absolute atomic E-state index is 0.130. The Labute approximate surface area is 169 Å². The first-order chi connectivity index (χ1) is 12.9. The average molecular weight is 408 g/mol. The van der Waals surface area contributed by atoms with Crippen molar-refractivity contribution in [2.45, 2.75) is 25.8 Å². The van der Waals surface area contributed by atoms with Crippen LogP contribution in [0.5, 0.6) is 5.75 Å².